The molecular formula is C12H19N5O2. The fourth-order valence-corrected chi connectivity index (χ4v) is 2.17. The molecule has 0 atom stereocenters. The fourth-order valence-electron chi connectivity index (χ4n) is 2.17. The summed E-state index contributed by atoms with van der Waals surface area (Å²) in [5.74, 6) is 1.20. The molecule has 104 valence electrons. The molecule has 7 nitrogen and oxygen atoms in total. The number of carboxylic acid groups (broad SMARTS) is 1. The van der Waals surface area contributed by atoms with Gasteiger partial charge in [0.2, 0.25) is 0 Å². The third kappa shape index (κ3) is 3.78. The van der Waals surface area contributed by atoms with Crippen molar-refractivity contribution in [3.63, 3.8) is 0 Å². The van der Waals surface area contributed by atoms with E-state index in [1.807, 2.05) is 0 Å². The van der Waals surface area contributed by atoms with E-state index in [4.69, 9.17) is 10.8 Å². The number of nitrogens with one attached hydrogen (secondary N) is 1. The van der Waals surface area contributed by atoms with Gasteiger partial charge in [-0.05, 0) is 18.8 Å². The summed E-state index contributed by atoms with van der Waals surface area (Å²) in [6, 6.07) is 0. The molecule has 1 saturated heterocycles. The Labute approximate surface area is 111 Å². The van der Waals surface area contributed by atoms with Gasteiger partial charge in [-0.1, -0.05) is 0 Å². The van der Waals surface area contributed by atoms with Crippen LogP contribution in [0.2, 0.25) is 0 Å². The molecule has 1 aliphatic heterocycles. The van der Waals surface area contributed by atoms with Crippen LogP contribution in [0.3, 0.4) is 0 Å². The molecule has 0 saturated carbocycles. The number of hydrogen-bond acceptors (Lipinski definition) is 5. The van der Waals surface area contributed by atoms with Crippen molar-refractivity contribution in [2.75, 3.05) is 25.0 Å². The summed E-state index contributed by atoms with van der Waals surface area (Å²) in [6.45, 7) is 2.38. The number of carbonyl (C=O) groups is 1. The van der Waals surface area contributed by atoms with Crippen molar-refractivity contribution in [2.24, 2.45) is 11.7 Å². The second-order valence-electron chi connectivity index (χ2n) is 4.69. The van der Waals surface area contributed by atoms with Gasteiger partial charge in [0, 0.05) is 32.4 Å². The highest BCUT2D eigenvalue weighted by Gasteiger charge is 2.21. The molecule has 1 aliphatic rings. The van der Waals surface area contributed by atoms with E-state index < -0.39 is 6.09 Å². The average Bonchev–Trinajstić information content (AvgIpc) is 2.46. The highest BCUT2D eigenvalue weighted by atomic mass is 16.4. The predicted octanol–water partition coefficient (Wildman–Crippen LogP) is 0.737. The summed E-state index contributed by atoms with van der Waals surface area (Å²) in [6.07, 6.45) is 4.25. The number of nitrogens with zero attached hydrogens (tertiary/aromatic N) is 3. The van der Waals surface area contributed by atoms with Crippen molar-refractivity contribution in [1.29, 1.82) is 0 Å². The summed E-state index contributed by atoms with van der Waals surface area (Å²) >= 11 is 0. The topological polar surface area (TPSA) is 104 Å². The van der Waals surface area contributed by atoms with Gasteiger partial charge in [-0.3, -0.25) is 4.98 Å². The maximum atomic E-state index is 10.8. The maximum absolute atomic E-state index is 10.8. The normalized spacial score (nSPS) is 16.4. The van der Waals surface area contributed by atoms with E-state index in [1.54, 1.807) is 12.4 Å². The Balaban J connectivity index is 1.78. The molecule has 2 rings (SSSR count). The first kappa shape index (κ1) is 13.5. The molecular weight excluding hydrogens is 246 g/mol. The molecule has 1 amide bonds. The first-order chi connectivity index (χ1) is 9.19. The summed E-state index contributed by atoms with van der Waals surface area (Å²) in [5.41, 5.74) is 6.27. The minimum Gasteiger partial charge on any atom is -0.465 e. The summed E-state index contributed by atoms with van der Waals surface area (Å²) in [5, 5.41) is 12.1. The van der Waals surface area contributed by atoms with Gasteiger partial charge in [-0.2, -0.15) is 0 Å². The fraction of sp³-hybridized carbons (Fsp3) is 0.583. The van der Waals surface area contributed by atoms with Crippen LogP contribution in [-0.2, 0) is 6.54 Å². The quantitative estimate of drug-likeness (QED) is 0.741. The first-order valence-corrected chi connectivity index (χ1v) is 6.41. The van der Waals surface area contributed by atoms with Gasteiger partial charge in [0.1, 0.15) is 5.82 Å². The van der Waals surface area contributed by atoms with Crippen molar-refractivity contribution in [3.05, 3.63) is 18.1 Å². The zero-order valence-corrected chi connectivity index (χ0v) is 10.7. The van der Waals surface area contributed by atoms with E-state index in [2.05, 4.69) is 15.3 Å². The Morgan fingerprint density at radius 3 is 2.84 bits per heavy atom. The number of anilines is 1. The Morgan fingerprint density at radius 1 is 1.47 bits per heavy atom. The van der Waals surface area contributed by atoms with Crippen LogP contribution in [-0.4, -0.2) is 45.7 Å². The summed E-state index contributed by atoms with van der Waals surface area (Å²) < 4.78 is 0. The predicted molar refractivity (Wildman–Crippen MR) is 70.7 cm³/mol. The molecule has 4 N–H and O–H groups in total. The van der Waals surface area contributed by atoms with Crippen molar-refractivity contribution in [3.8, 4) is 0 Å². The number of piperidine rings is 1. The lowest BCUT2D eigenvalue weighted by Gasteiger charge is -2.30. The number of nitrogens with two attached hydrogens (primary N) is 1. The van der Waals surface area contributed by atoms with Crippen LogP contribution in [0.25, 0.3) is 0 Å². The van der Waals surface area contributed by atoms with Crippen LogP contribution < -0.4 is 11.1 Å². The van der Waals surface area contributed by atoms with E-state index in [0.717, 1.165) is 30.9 Å². The maximum Gasteiger partial charge on any atom is 0.407 e. The average molecular weight is 265 g/mol. The largest absolute Gasteiger partial charge is 0.465 e. The molecule has 0 aliphatic carbocycles. The van der Waals surface area contributed by atoms with E-state index in [-0.39, 0.29) is 0 Å². The van der Waals surface area contributed by atoms with Crippen molar-refractivity contribution < 1.29 is 9.90 Å². The van der Waals surface area contributed by atoms with E-state index >= 15 is 0 Å². The highest BCUT2D eigenvalue weighted by molar-refractivity contribution is 5.64. The molecule has 0 unspecified atom stereocenters. The summed E-state index contributed by atoms with van der Waals surface area (Å²) in [4.78, 5) is 20.6. The molecule has 1 fully saturated rings. The van der Waals surface area contributed by atoms with Crippen molar-refractivity contribution in [1.82, 2.24) is 14.9 Å². The molecule has 0 aromatic carbocycles. The molecule has 0 spiro atoms. The SMILES string of the molecule is NCc1cncc(NCC2CCN(C(=O)O)CC2)n1. The second-order valence-corrected chi connectivity index (χ2v) is 4.69. The first-order valence-electron chi connectivity index (χ1n) is 6.41. The number of rotatable bonds is 4. The van der Waals surface area contributed by atoms with Gasteiger partial charge >= 0.3 is 6.09 Å². The standard InChI is InChI=1S/C12H19N5O2/c13-5-10-7-14-8-11(16-10)15-6-9-1-3-17(4-2-9)12(18)19/h7-9H,1-6,13H2,(H,15,16)(H,18,19). The minimum atomic E-state index is -0.826. The highest BCUT2D eigenvalue weighted by Crippen LogP contribution is 2.17. The van der Waals surface area contributed by atoms with E-state index in [1.165, 1.54) is 4.90 Å². The second kappa shape index (κ2) is 6.33. The lowest BCUT2D eigenvalue weighted by molar-refractivity contribution is 0.126. The van der Waals surface area contributed by atoms with E-state index in [9.17, 15) is 4.79 Å². The lowest BCUT2D eigenvalue weighted by Crippen LogP contribution is -2.39. The molecule has 1 aromatic rings. The number of hydrogen-bond donors (Lipinski definition) is 3. The molecule has 0 bridgehead atoms. The molecule has 0 radical (unpaired) electrons. The van der Waals surface area contributed by atoms with Crippen LogP contribution in [0.5, 0.6) is 0 Å². The van der Waals surface area contributed by atoms with Crippen LogP contribution in [0.1, 0.15) is 18.5 Å². The Morgan fingerprint density at radius 2 is 2.21 bits per heavy atom. The van der Waals surface area contributed by atoms with Gasteiger partial charge in [0.15, 0.2) is 0 Å². The summed E-state index contributed by atoms with van der Waals surface area (Å²) in [7, 11) is 0. The van der Waals surface area contributed by atoms with Crippen LogP contribution >= 0.6 is 0 Å². The van der Waals surface area contributed by atoms with Crippen LogP contribution in [0.4, 0.5) is 10.6 Å². The van der Waals surface area contributed by atoms with Crippen LogP contribution in [0.15, 0.2) is 12.4 Å². The number of aromatic nitrogens is 2. The Kier molecular flexibility index (Phi) is 4.51. The lowest BCUT2D eigenvalue weighted by atomic mass is 9.97. The Bertz CT molecular complexity index is 432. The molecule has 2 heterocycles. The molecule has 7 heteroatoms. The smallest absolute Gasteiger partial charge is 0.407 e. The van der Waals surface area contributed by atoms with Crippen molar-refractivity contribution in [2.45, 2.75) is 19.4 Å². The monoisotopic (exact) mass is 265 g/mol. The van der Waals surface area contributed by atoms with Gasteiger partial charge in [-0.15, -0.1) is 0 Å². The van der Waals surface area contributed by atoms with Gasteiger partial charge < -0.3 is 21.1 Å². The third-order valence-corrected chi connectivity index (χ3v) is 3.35. The zero-order chi connectivity index (χ0) is 13.7. The van der Waals surface area contributed by atoms with Gasteiger partial charge in [0.25, 0.3) is 0 Å². The van der Waals surface area contributed by atoms with Gasteiger partial charge in [-0.25, -0.2) is 9.78 Å². The third-order valence-electron chi connectivity index (χ3n) is 3.35. The number of likely N-dealkylation sites (tertiary alicyclic amines) is 1. The van der Waals surface area contributed by atoms with E-state index in [0.29, 0.717) is 25.6 Å². The molecule has 1 aromatic heterocycles. The van der Waals surface area contributed by atoms with Gasteiger partial charge in [0.05, 0.1) is 11.9 Å². The number of amides is 1. The van der Waals surface area contributed by atoms with Crippen LogP contribution in [0, 0.1) is 5.92 Å². The molecule has 19 heavy (non-hydrogen) atoms. The minimum absolute atomic E-state index is 0.375. The van der Waals surface area contributed by atoms with Crippen molar-refractivity contribution >= 4 is 11.9 Å². The zero-order valence-electron chi connectivity index (χ0n) is 10.7. The Hall–Kier alpha value is -1.89.